The summed E-state index contributed by atoms with van der Waals surface area (Å²) in [5.74, 6) is -0.0364. The molecule has 0 saturated heterocycles. The van der Waals surface area contributed by atoms with Crippen molar-refractivity contribution in [1.29, 1.82) is 0 Å². The van der Waals surface area contributed by atoms with E-state index in [2.05, 4.69) is 0 Å². The molecule has 0 saturated carbocycles. The number of rotatable bonds is 6. The van der Waals surface area contributed by atoms with Crippen LogP contribution in [0.1, 0.15) is 18.9 Å². The fourth-order valence-electron chi connectivity index (χ4n) is 1.91. The van der Waals surface area contributed by atoms with Crippen LogP contribution in [0.25, 0.3) is 0 Å². The van der Waals surface area contributed by atoms with Crippen LogP contribution in [-0.4, -0.2) is 17.2 Å². The van der Waals surface area contributed by atoms with Gasteiger partial charge in [0.2, 0.25) is 0 Å². The maximum Gasteiger partial charge on any atom is 0.416 e. The van der Waals surface area contributed by atoms with Crippen LogP contribution in [0, 0.1) is 0 Å². The Balaban J connectivity index is 2.02. The van der Waals surface area contributed by atoms with E-state index in [4.69, 9.17) is 14.6 Å². The Labute approximate surface area is 136 Å². The normalized spacial score (nSPS) is 12.5. The molecule has 0 heterocycles. The Kier molecular flexibility index (Phi) is 5.33. The van der Waals surface area contributed by atoms with E-state index in [1.165, 1.54) is 24.3 Å². The Morgan fingerprint density at radius 1 is 1.00 bits per heavy atom. The van der Waals surface area contributed by atoms with E-state index in [9.17, 15) is 18.0 Å². The highest BCUT2D eigenvalue weighted by Gasteiger charge is 2.30. The van der Waals surface area contributed by atoms with Crippen molar-refractivity contribution >= 4 is 5.97 Å². The molecule has 4 nitrogen and oxygen atoms in total. The van der Waals surface area contributed by atoms with E-state index in [1.807, 2.05) is 0 Å². The van der Waals surface area contributed by atoms with Crippen LogP contribution in [0.15, 0.2) is 48.5 Å². The van der Waals surface area contributed by atoms with Gasteiger partial charge in [0.05, 0.1) is 5.56 Å². The molecule has 0 bridgehead atoms. The molecule has 0 radical (unpaired) electrons. The minimum atomic E-state index is -4.39. The lowest BCUT2D eigenvalue weighted by Gasteiger charge is -2.13. The van der Waals surface area contributed by atoms with Gasteiger partial charge in [-0.2, -0.15) is 13.2 Å². The summed E-state index contributed by atoms with van der Waals surface area (Å²) in [7, 11) is 0. The Morgan fingerprint density at radius 2 is 1.46 bits per heavy atom. The zero-order valence-corrected chi connectivity index (χ0v) is 12.7. The van der Waals surface area contributed by atoms with Crippen molar-refractivity contribution in [2.75, 3.05) is 0 Å². The number of carboxylic acids is 1. The van der Waals surface area contributed by atoms with Gasteiger partial charge in [-0.15, -0.1) is 0 Å². The lowest BCUT2D eigenvalue weighted by molar-refractivity contribution is -0.145. The summed E-state index contributed by atoms with van der Waals surface area (Å²) >= 11 is 0. The third kappa shape index (κ3) is 4.65. The predicted octanol–water partition coefficient (Wildman–Crippen LogP) is 4.74. The van der Waals surface area contributed by atoms with Crippen LogP contribution in [0.2, 0.25) is 0 Å². The zero-order valence-electron chi connectivity index (χ0n) is 12.7. The largest absolute Gasteiger partial charge is 0.479 e. The number of hydrogen-bond donors (Lipinski definition) is 1. The van der Waals surface area contributed by atoms with Gasteiger partial charge in [0, 0.05) is 0 Å². The van der Waals surface area contributed by atoms with Crippen molar-refractivity contribution in [2.24, 2.45) is 0 Å². The third-order valence-electron chi connectivity index (χ3n) is 3.17. The summed E-state index contributed by atoms with van der Waals surface area (Å²) in [5, 5.41) is 8.93. The second-order valence-corrected chi connectivity index (χ2v) is 4.95. The molecular formula is C17H15F3O4. The second-order valence-electron chi connectivity index (χ2n) is 4.95. The van der Waals surface area contributed by atoms with Gasteiger partial charge < -0.3 is 14.6 Å². The lowest BCUT2D eigenvalue weighted by Crippen LogP contribution is -2.25. The molecule has 2 rings (SSSR count). The number of alkyl halides is 3. The highest BCUT2D eigenvalue weighted by Crippen LogP contribution is 2.31. The SMILES string of the molecule is CCC(Oc1ccc(Oc2ccc(C(F)(F)F)cc2)cc1)C(=O)O. The van der Waals surface area contributed by atoms with E-state index < -0.39 is 23.8 Å². The quantitative estimate of drug-likeness (QED) is 0.825. The van der Waals surface area contributed by atoms with Crippen molar-refractivity contribution in [3.63, 3.8) is 0 Å². The number of halogens is 3. The molecule has 0 aromatic heterocycles. The maximum absolute atomic E-state index is 12.5. The van der Waals surface area contributed by atoms with Gasteiger partial charge in [0.25, 0.3) is 0 Å². The standard InChI is InChI=1S/C17H15F3O4/c1-2-15(16(21)22)24-14-9-7-13(8-10-14)23-12-5-3-11(4-6-12)17(18,19)20/h3-10,15H,2H2,1H3,(H,21,22). The highest BCUT2D eigenvalue weighted by atomic mass is 19.4. The van der Waals surface area contributed by atoms with Crippen molar-refractivity contribution in [1.82, 2.24) is 0 Å². The molecule has 0 spiro atoms. The van der Waals surface area contributed by atoms with E-state index in [0.29, 0.717) is 17.9 Å². The molecule has 2 aromatic rings. The topological polar surface area (TPSA) is 55.8 Å². The fourth-order valence-corrected chi connectivity index (χ4v) is 1.91. The second kappa shape index (κ2) is 7.25. The summed E-state index contributed by atoms with van der Waals surface area (Å²) in [4.78, 5) is 10.9. The summed E-state index contributed by atoms with van der Waals surface area (Å²) in [6.07, 6.45) is -5.01. The molecule has 7 heteroatoms. The van der Waals surface area contributed by atoms with Gasteiger partial charge in [0.15, 0.2) is 6.10 Å². The van der Waals surface area contributed by atoms with Crippen LogP contribution in [0.3, 0.4) is 0 Å². The van der Waals surface area contributed by atoms with Crippen molar-refractivity contribution in [3.8, 4) is 17.2 Å². The first kappa shape index (κ1) is 17.7. The van der Waals surface area contributed by atoms with E-state index in [-0.39, 0.29) is 5.75 Å². The van der Waals surface area contributed by atoms with Gasteiger partial charge in [-0.3, -0.25) is 0 Å². The predicted molar refractivity (Wildman–Crippen MR) is 80.3 cm³/mol. The number of benzene rings is 2. The van der Waals surface area contributed by atoms with Gasteiger partial charge in [-0.1, -0.05) is 6.92 Å². The molecule has 24 heavy (non-hydrogen) atoms. The van der Waals surface area contributed by atoms with Gasteiger partial charge >= 0.3 is 12.1 Å². The monoisotopic (exact) mass is 340 g/mol. The molecule has 0 aliphatic rings. The number of aliphatic carboxylic acids is 1. The van der Waals surface area contributed by atoms with Crippen LogP contribution in [0.4, 0.5) is 13.2 Å². The number of carboxylic acid groups (broad SMARTS) is 1. The van der Waals surface area contributed by atoms with Crippen molar-refractivity contribution in [2.45, 2.75) is 25.6 Å². The molecule has 0 fully saturated rings. The summed E-state index contributed by atoms with van der Waals surface area (Å²) < 4.78 is 48.2. The third-order valence-corrected chi connectivity index (χ3v) is 3.17. The minimum Gasteiger partial charge on any atom is -0.479 e. The van der Waals surface area contributed by atoms with E-state index in [1.54, 1.807) is 19.1 Å². The first-order valence-corrected chi connectivity index (χ1v) is 7.14. The molecule has 1 unspecified atom stereocenters. The average molecular weight is 340 g/mol. The lowest BCUT2D eigenvalue weighted by atomic mass is 10.2. The number of hydrogen-bond acceptors (Lipinski definition) is 3. The van der Waals surface area contributed by atoms with Crippen LogP contribution >= 0.6 is 0 Å². The molecule has 0 amide bonds. The number of carbonyl (C=O) groups is 1. The first-order valence-electron chi connectivity index (χ1n) is 7.14. The molecule has 0 aliphatic carbocycles. The van der Waals surface area contributed by atoms with Gasteiger partial charge in [-0.25, -0.2) is 4.79 Å². The minimum absolute atomic E-state index is 0.258. The van der Waals surface area contributed by atoms with Crippen LogP contribution < -0.4 is 9.47 Å². The Bertz CT molecular complexity index is 678. The summed E-state index contributed by atoms with van der Waals surface area (Å²) in [5.41, 5.74) is -0.752. The van der Waals surface area contributed by atoms with Crippen LogP contribution in [-0.2, 0) is 11.0 Å². The van der Waals surface area contributed by atoms with Gasteiger partial charge in [-0.05, 0) is 55.0 Å². The maximum atomic E-state index is 12.5. The fraction of sp³-hybridized carbons (Fsp3) is 0.235. The smallest absolute Gasteiger partial charge is 0.416 e. The molecule has 1 atom stereocenters. The average Bonchev–Trinajstić information content (AvgIpc) is 2.53. The molecule has 128 valence electrons. The van der Waals surface area contributed by atoms with E-state index >= 15 is 0 Å². The number of ether oxygens (including phenoxy) is 2. The van der Waals surface area contributed by atoms with Crippen molar-refractivity contribution < 1.29 is 32.5 Å². The Morgan fingerprint density at radius 3 is 1.88 bits per heavy atom. The van der Waals surface area contributed by atoms with Gasteiger partial charge in [0.1, 0.15) is 17.2 Å². The zero-order chi connectivity index (χ0) is 17.7. The van der Waals surface area contributed by atoms with Crippen molar-refractivity contribution in [3.05, 3.63) is 54.1 Å². The molecule has 2 aromatic carbocycles. The highest BCUT2D eigenvalue weighted by molar-refractivity contribution is 5.72. The molecule has 1 N–H and O–H groups in total. The summed E-state index contributed by atoms with van der Waals surface area (Å²) in [6.45, 7) is 1.70. The Hall–Kier alpha value is -2.70. The van der Waals surface area contributed by atoms with Crippen LogP contribution in [0.5, 0.6) is 17.2 Å². The summed E-state index contributed by atoms with van der Waals surface area (Å²) in [6, 6.07) is 10.5. The first-order chi connectivity index (χ1) is 11.3. The molecular weight excluding hydrogens is 325 g/mol. The van der Waals surface area contributed by atoms with E-state index in [0.717, 1.165) is 12.1 Å². The molecule has 0 aliphatic heterocycles.